The third kappa shape index (κ3) is 2.47. The molecular formula is C13H14N4O4. The van der Waals surface area contributed by atoms with Crippen LogP contribution in [0.4, 0.5) is 5.69 Å². The van der Waals surface area contributed by atoms with E-state index in [1.807, 2.05) is 6.92 Å². The molecule has 2 rings (SSSR count). The van der Waals surface area contributed by atoms with Crippen LogP contribution in [0.2, 0.25) is 0 Å². The summed E-state index contributed by atoms with van der Waals surface area (Å²) in [5.41, 5.74) is 2.14. The molecule has 2 heterocycles. The first-order valence-corrected chi connectivity index (χ1v) is 6.13. The van der Waals surface area contributed by atoms with Crippen molar-refractivity contribution in [3.8, 4) is 5.82 Å². The fourth-order valence-electron chi connectivity index (χ4n) is 1.88. The molecule has 110 valence electrons. The smallest absolute Gasteiger partial charge is 0.356 e. The minimum Gasteiger partial charge on any atom is -0.464 e. The Balaban J connectivity index is 2.71. The first-order chi connectivity index (χ1) is 9.86. The van der Waals surface area contributed by atoms with E-state index in [0.717, 1.165) is 17.0 Å². The van der Waals surface area contributed by atoms with Crippen molar-refractivity contribution in [3.63, 3.8) is 0 Å². The van der Waals surface area contributed by atoms with E-state index in [9.17, 15) is 14.9 Å². The molecular weight excluding hydrogens is 276 g/mol. The highest BCUT2D eigenvalue weighted by Crippen LogP contribution is 2.24. The fraction of sp³-hybridized carbons (Fsp3) is 0.308. The van der Waals surface area contributed by atoms with Crippen molar-refractivity contribution in [1.29, 1.82) is 0 Å². The molecule has 0 saturated heterocycles. The second-order valence-corrected chi connectivity index (χ2v) is 4.50. The van der Waals surface area contributed by atoms with Crippen LogP contribution in [0.5, 0.6) is 0 Å². The van der Waals surface area contributed by atoms with Crippen molar-refractivity contribution in [1.82, 2.24) is 14.8 Å². The van der Waals surface area contributed by atoms with Crippen LogP contribution < -0.4 is 0 Å². The van der Waals surface area contributed by atoms with Crippen molar-refractivity contribution >= 4 is 11.7 Å². The summed E-state index contributed by atoms with van der Waals surface area (Å²) >= 11 is 0. The Morgan fingerprint density at radius 2 is 2.00 bits per heavy atom. The number of carbonyl (C=O) groups is 1. The van der Waals surface area contributed by atoms with E-state index < -0.39 is 10.9 Å². The summed E-state index contributed by atoms with van der Waals surface area (Å²) in [4.78, 5) is 26.2. The lowest BCUT2D eigenvalue weighted by molar-refractivity contribution is -0.385. The van der Waals surface area contributed by atoms with Crippen LogP contribution in [-0.4, -0.2) is 32.8 Å². The Labute approximate surface area is 120 Å². The van der Waals surface area contributed by atoms with Gasteiger partial charge in [0.25, 0.3) is 0 Å². The first-order valence-electron chi connectivity index (χ1n) is 6.13. The van der Waals surface area contributed by atoms with Crippen molar-refractivity contribution in [2.75, 3.05) is 7.11 Å². The molecule has 8 nitrogen and oxygen atoms in total. The second-order valence-electron chi connectivity index (χ2n) is 4.50. The van der Waals surface area contributed by atoms with E-state index in [-0.39, 0.29) is 17.2 Å². The average molecular weight is 290 g/mol. The van der Waals surface area contributed by atoms with Gasteiger partial charge in [-0.05, 0) is 32.4 Å². The van der Waals surface area contributed by atoms with Gasteiger partial charge in [-0.2, -0.15) is 5.10 Å². The molecule has 0 aliphatic rings. The van der Waals surface area contributed by atoms with Gasteiger partial charge in [-0.25, -0.2) is 14.5 Å². The quantitative estimate of drug-likeness (QED) is 0.486. The Bertz CT molecular complexity index is 736. The van der Waals surface area contributed by atoms with Crippen molar-refractivity contribution in [2.24, 2.45) is 0 Å². The highest BCUT2D eigenvalue weighted by Gasteiger charge is 2.23. The number of aryl methyl sites for hydroxylation is 1. The summed E-state index contributed by atoms with van der Waals surface area (Å²) in [6.07, 6.45) is 0. The number of carbonyl (C=O) groups excluding carboxylic acids is 1. The Hall–Kier alpha value is -2.77. The van der Waals surface area contributed by atoms with Crippen LogP contribution >= 0.6 is 0 Å². The van der Waals surface area contributed by atoms with Gasteiger partial charge >= 0.3 is 11.7 Å². The molecule has 2 aromatic heterocycles. The Morgan fingerprint density at radius 3 is 2.48 bits per heavy atom. The molecule has 0 atom stereocenters. The minimum absolute atomic E-state index is 0.00315. The van der Waals surface area contributed by atoms with Crippen molar-refractivity contribution in [2.45, 2.75) is 20.8 Å². The fourth-order valence-corrected chi connectivity index (χ4v) is 1.88. The topological polar surface area (TPSA) is 100 Å². The van der Waals surface area contributed by atoms with Gasteiger partial charge in [0.1, 0.15) is 0 Å². The third-order valence-corrected chi connectivity index (χ3v) is 3.30. The summed E-state index contributed by atoms with van der Waals surface area (Å²) in [6, 6.07) is 2.48. The summed E-state index contributed by atoms with van der Waals surface area (Å²) in [5.74, 6) is -0.666. The maximum absolute atomic E-state index is 11.6. The number of hydrogen-bond acceptors (Lipinski definition) is 6. The molecule has 0 radical (unpaired) electrons. The standard InChI is InChI=1S/C13H14N4O4/c1-7-8(2)15-16(9(7)3)12-11(17(19)20)6-5-10(14-12)13(18)21-4/h5-6H,1-4H3. The molecule has 0 fully saturated rings. The normalized spacial score (nSPS) is 10.5. The van der Waals surface area contributed by atoms with E-state index >= 15 is 0 Å². The van der Waals surface area contributed by atoms with Crippen molar-refractivity contribution in [3.05, 3.63) is 44.9 Å². The minimum atomic E-state index is -0.663. The molecule has 8 heteroatoms. The zero-order chi connectivity index (χ0) is 15.7. The lowest BCUT2D eigenvalue weighted by Crippen LogP contribution is -2.11. The van der Waals surface area contributed by atoms with E-state index in [1.54, 1.807) is 13.8 Å². The molecule has 0 aliphatic heterocycles. The van der Waals surface area contributed by atoms with Gasteiger partial charge in [-0.15, -0.1) is 0 Å². The second kappa shape index (κ2) is 5.31. The van der Waals surface area contributed by atoms with Crippen molar-refractivity contribution < 1.29 is 14.5 Å². The van der Waals surface area contributed by atoms with Crippen LogP contribution in [-0.2, 0) is 4.74 Å². The van der Waals surface area contributed by atoms with Crippen LogP contribution in [0.15, 0.2) is 12.1 Å². The molecule has 0 spiro atoms. The van der Waals surface area contributed by atoms with E-state index in [1.165, 1.54) is 23.9 Å². The SMILES string of the molecule is COC(=O)c1ccc([N+](=O)[O-])c(-n2nc(C)c(C)c2C)n1. The summed E-state index contributed by atoms with van der Waals surface area (Å²) in [6.45, 7) is 5.45. The molecule has 21 heavy (non-hydrogen) atoms. The molecule has 0 unspecified atom stereocenters. The number of rotatable bonds is 3. The maximum atomic E-state index is 11.6. The van der Waals surface area contributed by atoms with Gasteiger partial charge in [0.2, 0.25) is 5.82 Å². The first kappa shape index (κ1) is 14.6. The van der Waals surface area contributed by atoms with Gasteiger partial charge in [0.05, 0.1) is 17.7 Å². The van der Waals surface area contributed by atoms with Gasteiger partial charge in [-0.3, -0.25) is 10.1 Å². The Kier molecular flexibility index (Phi) is 3.70. The van der Waals surface area contributed by atoms with Crippen LogP contribution in [0, 0.1) is 30.9 Å². The number of aromatic nitrogens is 3. The summed E-state index contributed by atoms with van der Waals surface area (Å²) < 4.78 is 5.96. The number of methoxy groups -OCH3 is 1. The van der Waals surface area contributed by atoms with Crippen LogP contribution in [0.25, 0.3) is 5.82 Å². The van der Waals surface area contributed by atoms with Gasteiger partial charge in [0.15, 0.2) is 5.69 Å². The number of nitro groups is 1. The number of esters is 1. The van der Waals surface area contributed by atoms with E-state index in [4.69, 9.17) is 0 Å². The molecule has 0 saturated carbocycles. The number of hydrogen-bond donors (Lipinski definition) is 0. The molecule has 2 aromatic rings. The third-order valence-electron chi connectivity index (χ3n) is 3.30. The van der Waals surface area contributed by atoms with Gasteiger partial charge < -0.3 is 4.74 Å². The predicted octanol–water partition coefficient (Wildman–Crippen LogP) is 1.89. The van der Waals surface area contributed by atoms with Gasteiger partial charge in [-0.1, -0.05) is 0 Å². The molecule has 0 aromatic carbocycles. The highest BCUT2D eigenvalue weighted by molar-refractivity contribution is 5.87. The average Bonchev–Trinajstić information content (AvgIpc) is 2.73. The monoisotopic (exact) mass is 290 g/mol. The summed E-state index contributed by atoms with van der Waals surface area (Å²) in [5, 5.41) is 15.4. The maximum Gasteiger partial charge on any atom is 0.356 e. The number of pyridine rings is 1. The van der Waals surface area contributed by atoms with Crippen LogP contribution in [0.3, 0.4) is 0 Å². The van der Waals surface area contributed by atoms with E-state index in [0.29, 0.717) is 0 Å². The van der Waals surface area contributed by atoms with Crippen LogP contribution in [0.1, 0.15) is 27.4 Å². The molecule has 0 amide bonds. The molecule has 0 bridgehead atoms. The predicted molar refractivity (Wildman–Crippen MR) is 73.6 cm³/mol. The molecule has 0 N–H and O–H groups in total. The largest absolute Gasteiger partial charge is 0.464 e. The number of ether oxygens (including phenoxy) is 1. The zero-order valence-electron chi connectivity index (χ0n) is 12.1. The highest BCUT2D eigenvalue weighted by atomic mass is 16.6. The lowest BCUT2D eigenvalue weighted by atomic mass is 10.2. The zero-order valence-corrected chi connectivity index (χ0v) is 12.1. The molecule has 0 aliphatic carbocycles. The lowest BCUT2D eigenvalue weighted by Gasteiger charge is -2.06. The van der Waals surface area contributed by atoms with Gasteiger partial charge in [0, 0.05) is 11.8 Å². The van der Waals surface area contributed by atoms with E-state index in [2.05, 4.69) is 14.8 Å². The Morgan fingerprint density at radius 1 is 1.33 bits per heavy atom. The number of nitrogens with zero attached hydrogens (tertiary/aromatic N) is 4. The summed E-state index contributed by atoms with van der Waals surface area (Å²) in [7, 11) is 1.22.